The summed E-state index contributed by atoms with van der Waals surface area (Å²) in [5.74, 6) is -0.276. The van der Waals surface area contributed by atoms with Crippen LogP contribution in [0.15, 0.2) is 53.9 Å². The van der Waals surface area contributed by atoms with Gasteiger partial charge in [0.05, 0.1) is 17.3 Å². The smallest absolute Gasteiger partial charge is 0.272 e. The van der Waals surface area contributed by atoms with Crippen LogP contribution in [0, 0.1) is 0 Å². The van der Waals surface area contributed by atoms with E-state index in [1.54, 1.807) is 24.5 Å². The third-order valence-electron chi connectivity index (χ3n) is 4.62. The zero-order valence-electron chi connectivity index (χ0n) is 15.7. The van der Waals surface area contributed by atoms with Crippen LogP contribution in [-0.4, -0.2) is 29.2 Å². The molecule has 0 aliphatic carbocycles. The van der Waals surface area contributed by atoms with Crippen LogP contribution in [0.1, 0.15) is 49.2 Å². The van der Waals surface area contributed by atoms with Crippen molar-refractivity contribution >= 4 is 23.4 Å². The quantitative estimate of drug-likeness (QED) is 0.674. The van der Waals surface area contributed by atoms with Crippen LogP contribution in [0.4, 0.5) is 5.69 Å². The number of allylic oxidation sites excluding steroid dienone is 1. The molecule has 3 rings (SSSR count). The maximum Gasteiger partial charge on any atom is 0.272 e. The first-order valence-electron chi connectivity index (χ1n) is 8.77. The summed E-state index contributed by atoms with van der Waals surface area (Å²) in [5, 5.41) is 4.07. The average molecular weight is 348 g/mol. The van der Waals surface area contributed by atoms with Gasteiger partial charge in [0.2, 0.25) is 0 Å². The summed E-state index contributed by atoms with van der Waals surface area (Å²) in [5.41, 5.74) is 7.65. The van der Waals surface area contributed by atoms with Crippen LogP contribution in [0.5, 0.6) is 0 Å². The number of nitrogens with zero attached hydrogens (tertiary/aromatic N) is 3. The van der Waals surface area contributed by atoms with E-state index >= 15 is 0 Å². The molecule has 1 aromatic heterocycles. The Balaban J connectivity index is 1.79. The van der Waals surface area contributed by atoms with Crippen molar-refractivity contribution in [1.29, 1.82) is 0 Å². The Morgan fingerprint density at radius 1 is 1.35 bits per heavy atom. The number of benzene rings is 1. The fourth-order valence-electron chi connectivity index (χ4n) is 3.49. The molecular weight excluding hydrogens is 324 g/mol. The number of aromatic nitrogens is 1. The highest BCUT2D eigenvalue weighted by molar-refractivity contribution is 5.95. The summed E-state index contributed by atoms with van der Waals surface area (Å²) >= 11 is 0. The molecule has 0 saturated carbocycles. The minimum atomic E-state index is -0.276. The monoisotopic (exact) mass is 348 g/mol. The molecule has 0 bridgehead atoms. The lowest BCUT2D eigenvalue weighted by Gasteiger charge is -2.42. The number of hydrogen-bond donors (Lipinski definition) is 1. The van der Waals surface area contributed by atoms with Gasteiger partial charge in [0.15, 0.2) is 0 Å². The predicted octanol–water partition coefficient (Wildman–Crippen LogP) is 3.87. The fraction of sp³-hybridized carbons (Fsp3) is 0.286. The topological polar surface area (TPSA) is 57.6 Å². The number of likely N-dealkylation sites (N-methyl/N-ethyl adjacent to an activating group) is 1. The first kappa shape index (κ1) is 17.9. The Hall–Kier alpha value is -2.95. The van der Waals surface area contributed by atoms with E-state index in [4.69, 9.17) is 0 Å². The molecule has 0 fully saturated rings. The number of anilines is 1. The van der Waals surface area contributed by atoms with Gasteiger partial charge in [-0.3, -0.25) is 9.78 Å². The number of amides is 1. The normalized spacial score (nSPS) is 15.5. The number of fused-ring (bicyclic) bond motifs is 1. The van der Waals surface area contributed by atoms with Crippen LogP contribution in [0.25, 0.3) is 5.57 Å². The van der Waals surface area contributed by atoms with E-state index < -0.39 is 0 Å². The zero-order chi connectivity index (χ0) is 18.7. The number of hydrazone groups is 1. The highest BCUT2D eigenvalue weighted by atomic mass is 16.2. The van der Waals surface area contributed by atoms with Crippen LogP contribution in [0.3, 0.4) is 0 Å². The molecule has 1 aliphatic rings. The molecule has 0 atom stereocenters. The van der Waals surface area contributed by atoms with Gasteiger partial charge in [-0.1, -0.05) is 12.1 Å². The number of hydrogen-bond acceptors (Lipinski definition) is 4. The fourth-order valence-corrected chi connectivity index (χ4v) is 3.49. The van der Waals surface area contributed by atoms with E-state index in [1.807, 2.05) is 6.07 Å². The maximum atomic E-state index is 12.0. The summed E-state index contributed by atoms with van der Waals surface area (Å²) in [6, 6.07) is 9.68. The van der Waals surface area contributed by atoms with E-state index in [0.29, 0.717) is 5.56 Å². The minimum Gasteiger partial charge on any atom is -0.363 e. The second-order valence-corrected chi connectivity index (χ2v) is 6.94. The first-order chi connectivity index (χ1) is 12.4. The third kappa shape index (κ3) is 3.52. The highest BCUT2D eigenvalue weighted by Crippen LogP contribution is 2.38. The molecule has 0 unspecified atom stereocenters. The summed E-state index contributed by atoms with van der Waals surface area (Å²) in [6.45, 7) is 9.71. The first-order valence-corrected chi connectivity index (χ1v) is 8.77. The number of pyridine rings is 1. The van der Waals surface area contributed by atoms with Crippen LogP contribution in [0.2, 0.25) is 0 Å². The van der Waals surface area contributed by atoms with Gasteiger partial charge in [-0.15, -0.1) is 0 Å². The molecule has 1 aliphatic heterocycles. The Morgan fingerprint density at radius 2 is 2.15 bits per heavy atom. The molecule has 2 heterocycles. The molecule has 1 amide bonds. The molecule has 1 N–H and O–H groups in total. The molecule has 26 heavy (non-hydrogen) atoms. The van der Waals surface area contributed by atoms with Crippen LogP contribution in [-0.2, 0) is 0 Å². The van der Waals surface area contributed by atoms with Crippen molar-refractivity contribution in [2.75, 3.05) is 11.4 Å². The molecule has 2 aromatic rings. The minimum absolute atomic E-state index is 0.000860. The van der Waals surface area contributed by atoms with Crippen molar-refractivity contribution in [1.82, 2.24) is 10.4 Å². The molecule has 134 valence electrons. The van der Waals surface area contributed by atoms with Gasteiger partial charge in [0.1, 0.15) is 0 Å². The highest BCUT2D eigenvalue weighted by Gasteiger charge is 2.29. The maximum absolute atomic E-state index is 12.0. The molecule has 5 nitrogen and oxygen atoms in total. The van der Waals surface area contributed by atoms with Gasteiger partial charge in [-0.05, 0) is 63.1 Å². The van der Waals surface area contributed by atoms with E-state index in [1.165, 1.54) is 23.0 Å². The number of rotatable bonds is 4. The predicted molar refractivity (Wildman–Crippen MR) is 106 cm³/mol. The van der Waals surface area contributed by atoms with Crippen molar-refractivity contribution in [2.24, 2.45) is 5.10 Å². The molecule has 0 radical (unpaired) electrons. The summed E-state index contributed by atoms with van der Waals surface area (Å²) < 4.78 is 0. The van der Waals surface area contributed by atoms with Crippen LogP contribution < -0.4 is 10.3 Å². The van der Waals surface area contributed by atoms with Gasteiger partial charge in [0.25, 0.3) is 5.91 Å². The molecule has 0 saturated heterocycles. The molecule has 5 heteroatoms. The van der Waals surface area contributed by atoms with Gasteiger partial charge >= 0.3 is 0 Å². The standard InChI is InChI=1S/C21H24N4O/c1-5-25-19-9-8-16(11-18(19)15(2)12-21(25,3)4)13-23-24-20(26)17-7-6-10-22-14-17/h6-14H,5H2,1-4H3,(H,24,26)/b23-13-. The van der Waals surface area contributed by atoms with Crippen molar-refractivity contribution in [3.63, 3.8) is 0 Å². The van der Waals surface area contributed by atoms with Crippen molar-refractivity contribution in [3.8, 4) is 0 Å². The Labute approximate surface area is 154 Å². The van der Waals surface area contributed by atoms with Crippen molar-refractivity contribution in [3.05, 3.63) is 65.5 Å². The van der Waals surface area contributed by atoms with Gasteiger partial charge in [-0.2, -0.15) is 5.10 Å². The molecule has 0 spiro atoms. The Bertz CT molecular complexity index is 869. The van der Waals surface area contributed by atoms with E-state index in [9.17, 15) is 4.79 Å². The summed E-state index contributed by atoms with van der Waals surface area (Å²) in [4.78, 5) is 18.3. The molecular formula is C21H24N4O. The van der Waals surface area contributed by atoms with Gasteiger partial charge < -0.3 is 4.90 Å². The lowest BCUT2D eigenvalue weighted by molar-refractivity contribution is 0.0955. The van der Waals surface area contributed by atoms with Crippen molar-refractivity contribution < 1.29 is 4.79 Å². The largest absolute Gasteiger partial charge is 0.363 e. The zero-order valence-corrected chi connectivity index (χ0v) is 15.7. The average Bonchev–Trinajstić information content (AvgIpc) is 2.62. The lowest BCUT2D eigenvalue weighted by Crippen LogP contribution is -2.44. The lowest BCUT2D eigenvalue weighted by atomic mass is 9.88. The van der Waals surface area contributed by atoms with Crippen molar-refractivity contribution in [2.45, 2.75) is 33.2 Å². The number of nitrogens with one attached hydrogen (secondary N) is 1. The van der Waals surface area contributed by atoms with E-state index in [-0.39, 0.29) is 11.4 Å². The Kier molecular flexibility index (Phi) is 4.89. The number of carbonyl (C=O) groups is 1. The van der Waals surface area contributed by atoms with Gasteiger partial charge in [0, 0.05) is 30.2 Å². The van der Waals surface area contributed by atoms with Gasteiger partial charge in [-0.25, -0.2) is 5.43 Å². The SMILES string of the molecule is CCN1c2ccc(/C=N\NC(=O)c3cccnc3)cc2C(C)=CC1(C)C. The second kappa shape index (κ2) is 7.12. The molecule has 1 aromatic carbocycles. The summed E-state index contributed by atoms with van der Waals surface area (Å²) in [6.07, 6.45) is 7.10. The number of carbonyl (C=O) groups excluding carboxylic acids is 1. The summed E-state index contributed by atoms with van der Waals surface area (Å²) in [7, 11) is 0. The van der Waals surface area contributed by atoms with E-state index in [2.05, 4.69) is 66.3 Å². The Morgan fingerprint density at radius 3 is 2.85 bits per heavy atom. The van der Waals surface area contributed by atoms with E-state index in [0.717, 1.165) is 12.1 Å². The third-order valence-corrected chi connectivity index (χ3v) is 4.62. The second-order valence-electron chi connectivity index (χ2n) is 6.94. The van der Waals surface area contributed by atoms with Crippen LogP contribution >= 0.6 is 0 Å².